The molecule has 0 fully saturated rings. The Hall–Kier alpha value is -2.71. The van der Waals surface area contributed by atoms with E-state index in [9.17, 15) is 10.4 Å². The zero-order valence-electron chi connectivity index (χ0n) is 12.3. The van der Waals surface area contributed by atoms with Gasteiger partial charge in [-0.3, -0.25) is 5.32 Å². The average molecular weight is 293 g/mol. The lowest BCUT2D eigenvalue weighted by Gasteiger charge is -2.10. The van der Waals surface area contributed by atoms with Gasteiger partial charge in [-0.05, 0) is 18.6 Å². The molecule has 0 saturated carbocycles. The van der Waals surface area contributed by atoms with Gasteiger partial charge in [0.2, 0.25) is 0 Å². The Morgan fingerprint density at radius 3 is 2.91 bits per heavy atom. The van der Waals surface area contributed by atoms with Crippen molar-refractivity contribution in [2.24, 2.45) is 0 Å². The second-order valence-electron chi connectivity index (χ2n) is 5.20. The fraction of sp³-hybridized carbons (Fsp3) is 0.235. The van der Waals surface area contributed by atoms with Crippen molar-refractivity contribution in [1.29, 1.82) is 5.26 Å². The van der Waals surface area contributed by atoms with Crippen molar-refractivity contribution in [2.75, 3.05) is 11.9 Å². The van der Waals surface area contributed by atoms with Crippen molar-refractivity contribution in [3.63, 3.8) is 0 Å². The first-order valence-corrected chi connectivity index (χ1v) is 7.28. The van der Waals surface area contributed by atoms with E-state index in [0.29, 0.717) is 16.9 Å². The molecule has 0 aliphatic rings. The molecule has 0 unspecified atom stereocenters. The van der Waals surface area contributed by atoms with Crippen molar-refractivity contribution in [2.45, 2.75) is 19.4 Å². The number of nitrogens with one attached hydrogen (secondary N) is 2. The van der Waals surface area contributed by atoms with Gasteiger partial charge in [-0.1, -0.05) is 25.1 Å². The van der Waals surface area contributed by atoms with Gasteiger partial charge in [0.1, 0.15) is 17.6 Å². The van der Waals surface area contributed by atoms with E-state index in [4.69, 9.17) is 0 Å². The number of aliphatic hydroxyl groups excluding tert-OH is 1. The number of fused-ring (bicyclic) bond motifs is 2. The van der Waals surface area contributed by atoms with Crippen LogP contribution in [-0.2, 0) is 0 Å². The fourth-order valence-corrected chi connectivity index (χ4v) is 2.49. The van der Waals surface area contributed by atoms with Crippen LogP contribution < -0.4 is 10.3 Å². The molecule has 3 N–H and O–H groups in total. The first-order chi connectivity index (χ1) is 10.8. The molecule has 0 saturated heterocycles. The average Bonchev–Trinajstić information content (AvgIpc) is 2.57. The molecule has 3 aromatic rings. The Labute approximate surface area is 128 Å². The molecule has 0 radical (unpaired) electrons. The van der Waals surface area contributed by atoms with Crippen LogP contribution in [0.3, 0.4) is 0 Å². The second kappa shape index (κ2) is 5.96. The normalized spacial score (nSPS) is 12.2. The minimum atomic E-state index is -0.0961. The zero-order valence-corrected chi connectivity index (χ0v) is 12.3. The predicted octanol–water partition coefficient (Wildman–Crippen LogP) is 2.26. The van der Waals surface area contributed by atoms with Crippen LogP contribution in [0.15, 0.2) is 36.5 Å². The van der Waals surface area contributed by atoms with Gasteiger partial charge in [0, 0.05) is 10.8 Å². The highest BCUT2D eigenvalue weighted by Crippen LogP contribution is 2.24. The van der Waals surface area contributed by atoms with Crippen molar-refractivity contribution in [3.8, 4) is 6.07 Å². The van der Waals surface area contributed by atoms with E-state index in [-0.39, 0.29) is 12.6 Å². The van der Waals surface area contributed by atoms with Crippen LogP contribution in [-0.4, -0.2) is 22.7 Å². The number of hydrogen-bond acceptors (Lipinski definition) is 4. The number of rotatable bonds is 4. The molecular weight excluding hydrogens is 276 g/mol. The van der Waals surface area contributed by atoms with Gasteiger partial charge in [-0.2, -0.15) is 5.26 Å². The molecule has 0 amide bonds. The first kappa shape index (κ1) is 14.2. The first-order valence-electron chi connectivity index (χ1n) is 7.28. The maximum Gasteiger partial charge on any atom is 0.292 e. The third-order valence-electron chi connectivity index (χ3n) is 3.79. The molecule has 22 heavy (non-hydrogen) atoms. The zero-order chi connectivity index (χ0) is 15.5. The van der Waals surface area contributed by atoms with Crippen molar-refractivity contribution in [3.05, 3.63) is 42.1 Å². The van der Waals surface area contributed by atoms with Crippen LogP contribution in [0, 0.1) is 11.3 Å². The predicted molar refractivity (Wildman–Crippen MR) is 85.3 cm³/mol. The summed E-state index contributed by atoms with van der Waals surface area (Å²) in [5, 5.41) is 24.0. The summed E-state index contributed by atoms with van der Waals surface area (Å²) in [6.07, 6.45) is 2.60. The van der Waals surface area contributed by atoms with E-state index < -0.39 is 0 Å². The lowest BCUT2D eigenvalue weighted by molar-refractivity contribution is -0.359. The van der Waals surface area contributed by atoms with E-state index in [1.807, 2.05) is 43.5 Å². The Morgan fingerprint density at radius 2 is 2.18 bits per heavy atom. The number of aromatic nitrogens is 2. The summed E-state index contributed by atoms with van der Waals surface area (Å²) in [7, 11) is 0. The summed E-state index contributed by atoms with van der Waals surface area (Å²) in [6.45, 7) is 1.99. The third-order valence-corrected chi connectivity index (χ3v) is 3.79. The van der Waals surface area contributed by atoms with Gasteiger partial charge in [-0.25, -0.2) is 9.97 Å². The molecule has 3 rings (SSSR count). The topological polar surface area (TPSA) is 83.1 Å². The second-order valence-corrected chi connectivity index (χ2v) is 5.20. The summed E-state index contributed by atoms with van der Waals surface area (Å²) in [6, 6.07) is 12.0. The number of nitriles is 1. The van der Waals surface area contributed by atoms with Gasteiger partial charge in [0.15, 0.2) is 5.56 Å². The maximum absolute atomic E-state index is 9.53. The molecule has 1 atom stereocenters. The van der Waals surface area contributed by atoms with E-state index >= 15 is 0 Å². The largest absolute Gasteiger partial charge is 0.392 e. The number of pyridine rings is 2. The van der Waals surface area contributed by atoms with Crippen molar-refractivity contribution < 1.29 is 10.1 Å². The minimum absolute atomic E-state index is 0.0123. The standard InChI is InChI=1S/C17H16N4O/c1-2-13(10-22)20-17-14(8-18)16-12(9-19-17)7-11-5-3-4-6-15(11)21-16/h3-7,9,13,22H,2,10H2,1H3,(H,19,20)/p+1/t13-/m1/s1. The monoisotopic (exact) mass is 293 g/mol. The van der Waals surface area contributed by atoms with Gasteiger partial charge in [0.05, 0.1) is 18.3 Å². The van der Waals surface area contributed by atoms with Gasteiger partial charge in [-0.15, -0.1) is 0 Å². The maximum atomic E-state index is 9.53. The van der Waals surface area contributed by atoms with Gasteiger partial charge >= 0.3 is 0 Å². The Morgan fingerprint density at radius 1 is 1.36 bits per heavy atom. The van der Waals surface area contributed by atoms with Crippen LogP contribution in [0.2, 0.25) is 0 Å². The molecule has 0 aliphatic carbocycles. The molecular formula is C17H17N4O+. The van der Waals surface area contributed by atoms with E-state index in [0.717, 1.165) is 22.7 Å². The van der Waals surface area contributed by atoms with Crippen LogP contribution in [0.1, 0.15) is 18.9 Å². The molecule has 110 valence electrons. The molecule has 2 aromatic heterocycles. The highest BCUT2D eigenvalue weighted by Gasteiger charge is 2.19. The summed E-state index contributed by atoms with van der Waals surface area (Å²) < 4.78 is 0. The molecule has 5 heteroatoms. The highest BCUT2D eigenvalue weighted by molar-refractivity contribution is 5.95. The fourth-order valence-electron chi connectivity index (χ4n) is 2.49. The Bertz CT molecular complexity index is 866. The smallest absolute Gasteiger partial charge is 0.292 e. The van der Waals surface area contributed by atoms with E-state index in [1.165, 1.54) is 0 Å². The summed E-state index contributed by atoms with van der Waals surface area (Å²) in [5.74, 6) is 0.596. The van der Waals surface area contributed by atoms with Gasteiger partial charge in [0.25, 0.3) is 5.82 Å². The summed E-state index contributed by atoms with van der Waals surface area (Å²) in [4.78, 5) is 7.73. The van der Waals surface area contributed by atoms with E-state index in [2.05, 4.69) is 21.4 Å². The highest BCUT2D eigenvalue weighted by atomic mass is 16.3. The Kier molecular flexibility index (Phi) is 3.86. The number of aromatic amines is 1. The molecule has 0 bridgehead atoms. The molecule has 2 heterocycles. The minimum Gasteiger partial charge on any atom is -0.392 e. The summed E-state index contributed by atoms with van der Waals surface area (Å²) >= 11 is 0. The lowest BCUT2D eigenvalue weighted by atomic mass is 10.1. The van der Waals surface area contributed by atoms with Crippen molar-refractivity contribution >= 4 is 27.6 Å². The number of aliphatic hydroxyl groups is 1. The number of benzene rings is 1. The molecule has 0 spiro atoms. The molecule has 5 nitrogen and oxygen atoms in total. The van der Waals surface area contributed by atoms with Gasteiger partial charge < -0.3 is 5.11 Å². The third kappa shape index (κ3) is 2.45. The summed E-state index contributed by atoms with van der Waals surface area (Å²) in [5.41, 5.74) is 1.99. The van der Waals surface area contributed by atoms with E-state index in [1.54, 1.807) is 0 Å². The number of H-pyrrole nitrogens is 1. The van der Waals surface area contributed by atoms with Crippen LogP contribution in [0.5, 0.6) is 0 Å². The van der Waals surface area contributed by atoms with Crippen LogP contribution in [0.4, 0.5) is 5.82 Å². The number of anilines is 1. The molecule has 0 aliphatic heterocycles. The Balaban J connectivity index is 2.20. The number of hydrogen-bond donors (Lipinski definition) is 2. The van der Waals surface area contributed by atoms with Crippen molar-refractivity contribution in [1.82, 2.24) is 4.98 Å². The molecule has 1 aromatic carbocycles. The lowest BCUT2D eigenvalue weighted by Crippen LogP contribution is -2.27. The SMILES string of the molecule is CC[C@H](CO)Nc1[nH+]cc2cc3ccccc3nc2c1C#N. The quantitative estimate of drug-likeness (QED) is 0.723. The van der Waals surface area contributed by atoms with Crippen LogP contribution >= 0.6 is 0 Å². The van der Waals surface area contributed by atoms with Crippen LogP contribution in [0.25, 0.3) is 21.8 Å². The number of para-hydroxylation sites is 1. The number of nitrogens with zero attached hydrogens (tertiary/aromatic N) is 2.